The molecule has 0 spiro atoms. The molecule has 5 nitrogen and oxygen atoms in total. The van der Waals surface area contributed by atoms with Crippen LogP contribution in [0, 0.1) is 0 Å². The second-order valence-electron chi connectivity index (χ2n) is 9.64. The number of esters is 1. The Labute approximate surface area is 228 Å². The number of methoxy groups -OCH3 is 1. The Bertz CT molecular complexity index is 1310. The van der Waals surface area contributed by atoms with Gasteiger partial charge in [0.1, 0.15) is 11.4 Å². The minimum atomic E-state index is -0.731. The Hall–Kier alpha value is -3.15. The van der Waals surface area contributed by atoms with Crippen molar-refractivity contribution in [2.45, 2.75) is 51.7 Å². The summed E-state index contributed by atoms with van der Waals surface area (Å²) in [6.45, 7) is 6.05. The van der Waals surface area contributed by atoms with E-state index in [9.17, 15) is 9.59 Å². The number of aliphatic imine (C=N–C) groups is 1. The molecule has 4 rings (SSSR count). The van der Waals surface area contributed by atoms with Gasteiger partial charge in [0, 0.05) is 15.6 Å². The number of benzene rings is 3. The molecule has 192 valence electrons. The van der Waals surface area contributed by atoms with Crippen molar-refractivity contribution in [1.29, 1.82) is 0 Å². The van der Waals surface area contributed by atoms with Crippen molar-refractivity contribution in [2.75, 3.05) is 7.11 Å². The molecule has 0 N–H and O–H groups in total. The number of ether oxygens (including phenoxy) is 1. The van der Waals surface area contributed by atoms with Gasteiger partial charge in [0.05, 0.1) is 18.7 Å². The SMILES string of the molecule is CCCCC(c1ccc(C(=O)OC)cc1)N1C(=O)C(c2ccc(-c3cc(Cl)cc(Cl)c3)cc2)=NC1(C)C. The van der Waals surface area contributed by atoms with Crippen LogP contribution in [-0.2, 0) is 9.53 Å². The van der Waals surface area contributed by atoms with E-state index in [1.807, 2.05) is 67.3 Å². The van der Waals surface area contributed by atoms with Crippen molar-refractivity contribution in [1.82, 2.24) is 4.90 Å². The number of carbonyl (C=O) groups is 2. The van der Waals surface area contributed by atoms with Gasteiger partial charge >= 0.3 is 5.97 Å². The molecule has 3 aromatic rings. The van der Waals surface area contributed by atoms with Gasteiger partial charge in [-0.25, -0.2) is 4.79 Å². The third-order valence-corrected chi connectivity index (χ3v) is 7.05. The van der Waals surface area contributed by atoms with E-state index in [4.69, 9.17) is 32.9 Å². The van der Waals surface area contributed by atoms with Gasteiger partial charge in [-0.15, -0.1) is 0 Å². The first-order valence-electron chi connectivity index (χ1n) is 12.3. The van der Waals surface area contributed by atoms with Gasteiger partial charge in [-0.1, -0.05) is 79.4 Å². The molecule has 0 aliphatic carbocycles. The lowest BCUT2D eigenvalue weighted by molar-refractivity contribution is -0.130. The lowest BCUT2D eigenvalue weighted by atomic mass is 9.95. The summed E-state index contributed by atoms with van der Waals surface area (Å²) in [6.07, 6.45) is 2.75. The first-order valence-corrected chi connectivity index (χ1v) is 13.1. The minimum Gasteiger partial charge on any atom is -0.465 e. The van der Waals surface area contributed by atoms with Crippen molar-refractivity contribution in [2.24, 2.45) is 4.99 Å². The topological polar surface area (TPSA) is 59.0 Å². The predicted octanol–water partition coefficient (Wildman–Crippen LogP) is 7.75. The summed E-state index contributed by atoms with van der Waals surface area (Å²) in [7, 11) is 1.36. The molecule has 3 aromatic carbocycles. The number of rotatable bonds is 8. The number of carbonyl (C=O) groups excluding carboxylic acids is 2. The molecule has 1 unspecified atom stereocenters. The largest absolute Gasteiger partial charge is 0.465 e. The molecule has 0 radical (unpaired) electrons. The van der Waals surface area contributed by atoms with Gasteiger partial charge in [-0.05, 0) is 67.3 Å². The third kappa shape index (κ3) is 5.73. The van der Waals surface area contributed by atoms with Crippen LogP contribution in [-0.4, -0.2) is 35.3 Å². The Morgan fingerprint density at radius 3 is 2.11 bits per heavy atom. The van der Waals surface area contributed by atoms with Crippen molar-refractivity contribution in [3.05, 3.63) is 93.5 Å². The third-order valence-electron chi connectivity index (χ3n) is 6.61. The first kappa shape index (κ1) is 26.9. The lowest BCUT2D eigenvalue weighted by Crippen LogP contribution is -2.45. The van der Waals surface area contributed by atoms with Crippen LogP contribution < -0.4 is 0 Å². The van der Waals surface area contributed by atoms with E-state index in [2.05, 4.69) is 6.92 Å². The average Bonchev–Trinajstić information content (AvgIpc) is 3.12. The summed E-state index contributed by atoms with van der Waals surface area (Å²) < 4.78 is 4.83. The summed E-state index contributed by atoms with van der Waals surface area (Å²) in [5.41, 5.74) is 3.76. The second-order valence-corrected chi connectivity index (χ2v) is 10.5. The maximum atomic E-state index is 13.9. The van der Waals surface area contributed by atoms with Gasteiger partial charge in [-0.3, -0.25) is 9.79 Å². The van der Waals surface area contributed by atoms with Gasteiger partial charge in [-0.2, -0.15) is 0 Å². The van der Waals surface area contributed by atoms with Crippen molar-refractivity contribution in [3.8, 4) is 11.1 Å². The van der Waals surface area contributed by atoms with Gasteiger partial charge in [0.2, 0.25) is 0 Å². The minimum absolute atomic E-state index is 0.110. The summed E-state index contributed by atoms with van der Waals surface area (Å²) in [5.74, 6) is -0.495. The molecule has 7 heteroatoms. The first-order chi connectivity index (χ1) is 17.6. The van der Waals surface area contributed by atoms with Crippen molar-refractivity contribution in [3.63, 3.8) is 0 Å². The quantitative estimate of drug-likeness (QED) is 0.276. The van der Waals surface area contributed by atoms with Crippen LogP contribution in [0.3, 0.4) is 0 Å². The summed E-state index contributed by atoms with van der Waals surface area (Å²) in [6, 6.07) is 20.2. The maximum Gasteiger partial charge on any atom is 0.337 e. The Balaban J connectivity index is 1.64. The van der Waals surface area contributed by atoms with Crippen LogP contribution in [0.15, 0.2) is 71.7 Å². The molecular formula is C30H30Cl2N2O3. The van der Waals surface area contributed by atoms with Crippen LogP contribution in [0.4, 0.5) is 0 Å². The number of amides is 1. The fraction of sp³-hybridized carbons (Fsp3) is 0.300. The predicted molar refractivity (Wildman–Crippen MR) is 149 cm³/mol. The standard InChI is InChI=1S/C30H30Cl2N2O3/c1-5-6-7-26(20-10-14-22(15-11-20)29(36)37-4)34-28(35)27(33-30(34,2)3)21-12-8-19(9-13-21)23-16-24(31)18-25(32)17-23/h8-18,26H,5-7H2,1-4H3. The Morgan fingerprint density at radius 1 is 0.946 bits per heavy atom. The number of halogens is 2. The lowest BCUT2D eigenvalue weighted by Gasteiger charge is -2.37. The van der Waals surface area contributed by atoms with Crippen molar-refractivity contribution < 1.29 is 14.3 Å². The van der Waals surface area contributed by atoms with Crippen LogP contribution in [0.25, 0.3) is 11.1 Å². The zero-order valence-electron chi connectivity index (χ0n) is 21.4. The molecule has 0 bridgehead atoms. The summed E-state index contributed by atoms with van der Waals surface area (Å²) in [4.78, 5) is 32.5. The molecule has 1 aliphatic heterocycles. The van der Waals surface area contributed by atoms with Gasteiger partial charge < -0.3 is 9.64 Å². The molecule has 0 aromatic heterocycles. The fourth-order valence-electron chi connectivity index (χ4n) is 4.79. The molecule has 0 saturated heterocycles. The number of unbranched alkanes of at least 4 members (excludes halogenated alkanes) is 1. The molecule has 1 amide bonds. The summed E-state index contributed by atoms with van der Waals surface area (Å²) in [5, 5.41) is 1.13. The molecule has 0 saturated carbocycles. The van der Waals surface area contributed by atoms with Crippen LogP contribution >= 0.6 is 23.2 Å². The van der Waals surface area contributed by atoms with Crippen LogP contribution in [0.2, 0.25) is 10.0 Å². The van der Waals surface area contributed by atoms with Crippen molar-refractivity contribution >= 4 is 40.8 Å². The fourth-order valence-corrected chi connectivity index (χ4v) is 5.32. The normalized spacial score (nSPS) is 15.5. The number of hydrogen-bond acceptors (Lipinski definition) is 4. The van der Waals surface area contributed by atoms with E-state index < -0.39 is 5.66 Å². The zero-order valence-corrected chi connectivity index (χ0v) is 22.9. The molecule has 37 heavy (non-hydrogen) atoms. The number of hydrogen-bond donors (Lipinski definition) is 0. The van der Waals surface area contributed by atoms with Crippen LogP contribution in [0.1, 0.15) is 67.6 Å². The molecule has 0 fully saturated rings. The van der Waals surface area contributed by atoms with E-state index in [1.165, 1.54) is 7.11 Å². The molecule has 1 heterocycles. The van der Waals surface area contributed by atoms with E-state index in [1.54, 1.807) is 18.2 Å². The highest BCUT2D eigenvalue weighted by Gasteiger charge is 2.44. The highest BCUT2D eigenvalue weighted by Crippen LogP contribution is 2.38. The zero-order chi connectivity index (χ0) is 26.7. The monoisotopic (exact) mass is 536 g/mol. The van der Waals surface area contributed by atoms with E-state index in [0.717, 1.165) is 41.5 Å². The Morgan fingerprint density at radius 2 is 1.54 bits per heavy atom. The molecule has 1 aliphatic rings. The molecular weight excluding hydrogens is 507 g/mol. The number of nitrogens with zero attached hydrogens (tertiary/aromatic N) is 2. The average molecular weight is 537 g/mol. The maximum absolute atomic E-state index is 13.9. The van der Waals surface area contributed by atoms with Crippen LogP contribution in [0.5, 0.6) is 0 Å². The molecule has 1 atom stereocenters. The van der Waals surface area contributed by atoms with E-state index in [0.29, 0.717) is 21.3 Å². The van der Waals surface area contributed by atoms with E-state index >= 15 is 0 Å². The van der Waals surface area contributed by atoms with Gasteiger partial charge in [0.15, 0.2) is 0 Å². The highest BCUT2D eigenvalue weighted by molar-refractivity contribution is 6.46. The summed E-state index contributed by atoms with van der Waals surface area (Å²) >= 11 is 12.3. The second kappa shape index (κ2) is 11.1. The smallest absolute Gasteiger partial charge is 0.337 e. The van der Waals surface area contributed by atoms with Gasteiger partial charge in [0.25, 0.3) is 5.91 Å². The van der Waals surface area contributed by atoms with E-state index in [-0.39, 0.29) is 17.9 Å². The Kier molecular flexibility index (Phi) is 8.05. The highest BCUT2D eigenvalue weighted by atomic mass is 35.5.